The Morgan fingerprint density at radius 3 is 2.52 bits per heavy atom. The highest BCUT2D eigenvalue weighted by atomic mass is 32.2. The molecule has 4 nitrogen and oxygen atoms in total. The maximum Gasteiger partial charge on any atom is 0.264 e. The van der Waals surface area contributed by atoms with Crippen molar-refractivity contribution < 1.29 is 9.18 Å². The molecule has 0 unspecified atom stereocenters. The summed E-state index contributed by atoms with van der Waals surface area (Å²) in [4.78, 5) is 17.9. The van der Waals surface area contributed by atoms with E-state index in [0.717, 1.165) is 38.8 Å². The van der Waals surface area contributed by atoms with Crippen molar-refractivity contribution in [3.8, 4) is 0 Å². The number of carbonyl (C=O) groups excluding carboxylic acids is 1. The molecule has 164 valence electrons. The van der Waals surface area contributed by atoms with Gasteiger partial charge in [-0.1, -0.05) is 36.4 Å². The minimum absolute atomic E-state index is 0.154. The number of carbonyl (C=O) groups is 1. The standard InChI is InChI=1S/C27H22FN3OS/c1-17-11-18(2)13-22(12-17)29-27-30-26(32)25(33-27)14-20-16-31(24-6-4-3-5-23(20)24)15-19-7-9-21(28)10-8-19/h3-14,16H,15H2,1-2H3,(H,29,30,32)/b25-14-. The van der Waals surface area contributed by atoms with Crippen molar-refractivity contribution in [2.75, 3.05) is 0 Å². The third kappa shape index (κ3) is 4.61. The van der Waals surface area contributed by atoms with E-state index >= 15 is 0 Å². The number of rotatable bonds is 4. The maximum absolute atomic E-state index is 13.3. The van der Waals surface area contributed by atoms with Gasteiger partial charge in [-0.05, 0) is 78.7 Å². The van der Waals surface area contributed by atoms with E-state index in [4.69, 9.17) is 0 Å². The van der Waals surface area contributed by atoms with Crippen LogP contribution >= 0.6 is 11.8 Å². The first-order chi connectivity index (χ1) is 15.9. The fourth-order valence-electron chi connectivity index (χ4n) is 4.06. The molecule has 1 fully saturated rings. The second kappa shape index (κ2) is 8.71. The third-order valence-electron chi connectivity index (χ3n) is 5.46. The highest BCUT2D eigenvalue weighted by molar-refractivity contribution is 8.18. The zero-order valence-electron chi connectivity index (χ0n) is 18.3. The molecule has 0 bridgehead atoms. The molecule has 0 radical (unpaired) electrons. The SMILES string of the molecule is Cc1cc(C)cc(N=C2NC(=O)/C(=C/c3cn(Cc4ccc(F)cc4)c4ccccc34)S2)c1. The fourth-order valence-corrected chi connectivity index (χ4v) is 4.89. The van der Waals surface area contributed by atoms with Gasteiger partial charge in [0.05, 0.1) is 10.6 Å². The van der Waals surface area contributed by atoms with Crippen LogP contribution < -0.4 is 5.32 Å². The van der Waals surface area contributed by atoms with E-state index in [-0.39, 0.29) is 11.7 Å². The van der Waals surface area contributed by atoms with E-state index in [2.05, 4.69) is 27.0 Å². The van der Waals surface area contributed by atoms with Crippen molar-refractivity contribution in [1.29, 1.82) is 0 Å². The largest absolute Gasteiger partial charge is 0.342 e. The highest BCUT2D eigenvalue weighted by Gasteiger charge is 2.24. The quantitative estimate of drug-likeness (QED) is 0.365. The van der Waals surface area contributed by atoms with Crippen LogP contribution in [0.3, 0.4) is 0 Å². The molecule has 6 heteroatoms. The fraction of sp³-hybridized carbons (Fsp3) is 0.111. The van der Waals surface area contributed by atoms with Gasteiger partial charge in [0.25, 0.3) is 5.91 Å². The molecule has 1 amide bonds. The first kappa shape index (κ1) is 21.2. The summed E-state index contributed by atoms with van der Waals surface area (Å²) >= 11 is 1.34. The van der Waals surface area contributed by atoms with E-state index in [1.165, 1.54) is 23.9 Å². The number of para-hydroxylation sites is 1. The van der Waals surface area contributed by atoms with Gasteiger partial charge in [-0.2, -0.15) is 0 Å². The number of hydrogen-bond donors (Lipinski definition) is 1. The third-order valence-corrected chi connectivity index (χ3v) is 6.37. The molecule has 0 spiro atoms. The summed E-state index contributed by atoms with van der Waals surface area (Å²) in [5.74, 6) is -0.400. The van der Waals surface area contributed by atoms with E-state index in [1.807, 2.05) is 56.5 Å². The van der Waals surface area contributed by atoms with E-state index in [0.29, 0.717) is 16.6 Å². The van der Waals surface area contributed by atoms with Crippen molar-refractivity contribution >= 4 is 45.5 Å². The van der Waals surface area contributed by atoms with Gasteiger partial charge in [0.15, 0.2) is 5.17 Å². The minimum atomic E-state index is -0.246. The molecule has 3 aromatic carbocycles. The molecule has 1 aromatic heterocycles. The van der Waals surface area contributed by atoms with Crippen molar-refractivity contribution in [2.45, 2.75) is 20.4 Å². The number of thioether (sulfide) groups is 1. The van der Waals surface area contributed by atoms with Gasteiger partial charge in [-0.3, -0.25) is 4.79 Å². The lowest BCUT2D eigenvalue weighted by molar-refractivity contribution is -0.115. The summed E-state index contributed by atoms with van der Waals surface area (Å²) in [5, 5.41) is 4.51. The van der Waals surface area contributed by atoms with Crippen LogP contribution in [0.5, 0.6) is 0 Å². The molecule has 1 aliphatic rings. The first-order valence-corrected chi connectivity index (χ1v) is 11.5. The number of hydrogen-bond acceptors (Lipinski definition) is 3. The number of benzene rings is 3. The molecule has 4 aromatic rings. The second-order valence-electron chi connectivity index (χ2n) is 8.18. The summed E-state index contributed by atoms with van der Waals surface area (Å²) < 4.78 is 15.4. The summed E-state index contributed by atoms with van der Waals surface area (Å²) in [6.45, 7) is 4.68. The van der Waals surface area contributed by atoms with Crippen LogP contribution in [0, 0.1) is 19.7 Å². The molecule has 1 aliphatic heterocycles. The smallest absolute Gasteiger partial charge is 0.264 e. The van der Waals surface area contributed by atoms with Gasteiger partial charge < -0.3 is 9.88 Å². The monoisotopic (exact) mass is 455 g/mol. The topological polar surface area (TPSA) is 46.4 Å². The molecule has 0 aliphatic carbocycles. The van der Waals surface area contributed by atoms with Gasteiger partial charge in [0, 0.05) is 29.2 Å². The Hall–Kier alpha value is -3.64. The number of fused-ring (bicyclic) bond motifs is 1. The number of aromatic nitrogens is 1. The molecule has 2 heterocycles. The summed E-state index contributed by atoms with van der Waals surface area (Å²) in [6, 6.07) is 20.7. The molecule has 33 heavy (non-hydrogen) atoms. The van der Waals surface area contributed by atoms with Gasteiger partial charge in [-0.25, -0.2) is 9.38 Å². The molecule has 0 saturated carbocycles. The Labute approximate surface area is 195 Å². The van der Waals surface area contributed by atoms with Crippen molar-refractivity contribution in [1.82, 2.24) is 9.88 Å². The van der Waals surface area contributed by atoms with E-state index < -0.39 is 0 Å². The van der Waals surface area contributed by atoms with Crippen LogP contribution in [0.4, 0.5) is 10.1 Å². The van der Waals surface area contributed by atoms with Gasteiger partial charge in [0.2, 0.25) is 0 Å². The van der Waals surface area contributed by atoms with Crippen LogP contribution in [0.25, 0.3) is 17.0 Å². The second-order valence-corrected chi connectivity index (χ2v) is 9.21. The van der Waals surface area contributed by atoms with Crippen LogP contribution in [-0.2, 0) is 11.3 Å². The van der Waals surface area contributed by atoms with Crippen molar-refractivity contribution in [3.05, 3.63) is 106 Å². The number of halogens is 1. The van der Waals surface area contributed by atoms with Crippen LogP contribution in [0.1, 0.15) is 22.3 Å². The molecule has 1 saturated heterocycles. The zero-order valence-corrected chi connectivity index (χ0v) is 19.1. The Kier molecular flexibility index (Phi) is 5.60. The van der Waals surface area contributed by atoms with E-state index in [1.54, 1.807) is 12.1 Å². The van der Waals surface area contributed by atoms with Crippen molar-refractivity contribution in [2.24, 2.45) is 4.99 Å². The Balaban J connectivity index is 1.47. The Bertz CT molecular complexity index is 1410. The lowest BCUT2D eigenvalue weighted by atomic mass is 10.1. The molecule has 0 atom stereocenters. The number of nitrogens with one attached hydrogen (secondary N) is 1. The van der Waals surface area contributed by atoms with Crippen LogP contribution in [0.15, 0.2) is 82.8 Å². The molecular formula is C27H22FN3OS. The summed E-state index contributed by atoms with van der Waals surface area (Å²) in [5.41, 5.74) is 6.11. The molecule has 5 rings (SSSR count). The molecular weight excluding hydrogens is 433 g/mol. The average Bonchev–Trinajstić information content (AvgIpc) is 3.29. The summed E-state index contributed by atoms with van der Waals surface area (Å²) in [7, 11) is 0. The lowest BCUT2D eigenvalue weighted by Gasteiger charge is -2.05. The van der Waals surface area contributed by atoms with E-state index in [9.17, 15) is 9.18 Å². The van der Waals surface area contributed by atoms with Crippen LogP contribution in [-0.4, -0.2) is 15.6 Å². The van der Waals surface area contributed by atoms with Gasteiger partial charge in [-0.15, -0.1) is 0 Å². The summed E-state index contributed by atoms with van der Waals surface area (Å²) in [6.07, 6.45) is 3.95. The number of aryl methyl sites for hydroxylation is 2. The predicted molar refractivity (Wildman–Crippen MR) is 134 cm³/mol. The normalized spacial score (nSPS) is 16.2. The predicted octanol–water partition coefficient (Wildman–Crippen LogP) is 6.34. The highest BCUT2D eigenvalue weighted by Crippen LogP contribution is 2.31. The van der Waals surface area contributed by atoms with Gasteiger partial charge >= 0.3 is 0 Å². The maximum atomic E-state index is 13.3. The Morgan fingerprint density at radius 2 is 1.76 bits per heavy atom. The van der Waals surface area contributed by atoms with Crippen LogP contribution in [0.2, 0.25) is 0 Å². The zero-order chi connectivity index (χ0) is 22.9. The number of aliphatic imine (C=N–C) groups is 1. The van der Waals surface area contributed by atoms with Gasteiger partial charge in [0.1, 0.15) is 5.82 Å². The lowest BCUT2D eigenvalue weighted by Crippen LogP contribution is -2.19. The number of nitrogens with zero attached hydrogens (tertiary/aromatic N) is 2. The Morgan fingerprint density at radius 1 is 1.03 bits per heavy atom. The number of amides is 1. The number of amidine groups is 1. The first-order valence-electron chi connectivity index (χ1n) is 10.6. The van der Waals surface area contributed by atoms with Crippen molar-refractivity contribution in [3.63, 3.8) is 0 Å². The average molecular weight is 456 g/mol. The minimum Gasteiger partial charge on any atom is -0.342 e. The molecule has 1 N–H and O–H groups in total.